The number of esters is 1. The van der Waals surface area contributed by atoms with Crippen LogP contribution in [0.15, 0.2) is 36.5 Å². The third kappa shape index (κ3) is 4.85. The highest BCUT2D eigenvalue weighted by Crippen LogP contribution is 2.35. The molecule has 3 rings (SSSR count). The molecule has 0 aliphatic carbocycles. The lowest BCUT2D eigenvalue weighted by molar-refractivity contribution is -0.858. The van der Waals surface area contributed by atoms with Gasteiger partial charge in [0.05, 0.1) is 26.2 Å². The van der Waals surface area contributed by atoms with Gasteiger partial charge in [-0.2, -0.15) is 0 Å². The molecule has 2 aromatic carbocycles. The predicted molar refractivity (Wildman–Crippen MR) is 103 cm³/mol. The molecule has 0 aliphatic heterocycles. The molecule has 0 aliphatic rings. The van der Waals surface area contributed by atoms with Crippen LogP contribution >= 0.6 is 11.6 Å². The van der Waals surface area contributed by atoms with Crippen LogP contribution in [0, 0.1) is 5.82 Å². The molecule has 0 radical (unpaired) electrons. The van der Waals surface area contributed by atoms with Crippen molar-refractivity contribution in [3.8, 4) is 11.5 Å². The van der Waals surface area contributed by atoms with Crippen molar-refractivity contribution < 1.29 is 36.7 Å². The summed E-state index contributed by atoms with van der Waals surface area (Å²) < 4.78 is 60.6. The number of likely N-dealkylation sites (N-methyl/N-ethyl adjacent to an activating group) is 1. The molecule has 30 heavy (non-hydrogen) atoms. The van der Waals surface area contributed by atoms with E-state index in [2.05, 4.69) is 9.72 Å². The minimum Gasteiger partial charge on any atom is -0.422 e. The number of benzene rings is 2. The summed E-state index contributed by atoms with van der Waals surface area (Å²) in [5.74, 6) is -3.19. The summed E-state index contributed by atoms with van der Waals surface area (Å²) in [5.41, 5.74) is 1.04. The molecule has 0 amide bonds. The van der Waals surface area contributed by atoms with Gasteiger partial charge in [0, 0.05) is 23.5 Å². The van der Waals surface area contributed by atoms with E-state index in [1.807, 2.05) is 20.3 Å². The van der Waals surface area contributed by atoms with Gasteiger partial charge >= 0.3 is 12.3 Å². The first kappa shape index (κ1) is 21.9. The number of nitrogens with one attached hydrogen (secondary N) is 2. The number of quaternary nitrogens is 1. The van der Waals surface area contributed by atoms with Gasteiger partial charge in [-0.3, -0.25) is 0 Å². The lowest BCUT2D eigenvalue weighted by atomic mass is 10.1. The quantitative estimate of drug-likeness (QED) is 0.345. The van der Waals surface area contributed by atoms with Crippen LogP contribution in [0.3, 0.4) is 0 Å². The maximum Gasteiger partial charge on any atom is 0.573 e. The molecular formula is C20H18ClF4N2O3+. The van der Waals surface area contributed by atoms with Crippen LogP contribution in [0.1, 0.15) is 15.9 Å². The Labute approximate surface area is 174 Å². The summed E-state index contributed by atoms with van der Waals surface area (Å²) in [6.45, 7) is 0.833. The van der Waals surface area contributed by atoms with E-state index in [1.165, 1.54) is 4.90 Å². The van der Waals surface area contributed by atoms with Gasteiger partial charge in [0.25, 0.3) is 0 Å². The van der Waals surface area contributed by atoms with Gasteiger partial charge in [-0.05, 0) is 29.8 Å². The molecule has 2 N–H and O–H groups in total. The Balaban J connectivity index is 1.90. The van der Waals surface area contributed by atoms with Crippen molar-refractivity contribution in [2.75, 3.05) is 20.6 Å². The fourth-order valence-electron chi connectivity index (χ4n) is 2.93. The number of carbonyl (C=O) groups is 1. The minimum absolute atomic E-state index is 0.202. The number of rotatable bonds is 6. The van der Waals surface area contributed by atoms with E-state index in [9.17, 15) is 22.4 Å². The summed E-state index contributed by atoms with van der Waals surface area (Å²) in [5, 5.41) is -0.285. The standard InChI is InChI=1S/C20H17ClF4N2O3/c1-27(2)9-8-11-10-26-13-4-3-5-14(16(11)13)29-19(28)12-6-7-15(17(21)18(12)22)30-20(23,24)25/h3-7,10,26H,8-9H2,1-2H3/p+1. The summed E-state index contributed by atoms with van der Waals surface area (Å²) in [4.78, 5) is 16.9. The highest BCUT2D eigenvalue weighted by Gasteiger charge is 2.33. The van der Waals surface area contributed by atoms with Crippen molar-refractivity contribution in [1.82, 2.24) is 4.98 Å². The molecule has 0 saturated carbocycles. The second kappa shape index (κ2) is 8.53. The number of aromatic amines is 1. The van der Waals surface area contributed by atoms with Crippen molar-refractivity contribution >= 4 is 28.5 Å². The molecule has 0 fully saturated rings. The Kier molecular flexibility index (Phi) is 6.23. The highest BCUT2D eigenvalue weighted by molar-refractivity contribution is 6.32. The zero-order chi connectivity index (χ0) is 22.1. The zero-order valence-corrected chi connectivity index (χ0v) is 16.7. The van der Waals surface area contributed by atoms with Crippen molar-refractivity contribution in [2.45, 2.75) is 12.8 Å². The van der Waals surface area contributed by atoms with Crippen LogP contribution < -0.4 is 14.4 Å². The molecule has 5 nitrogen and oxygen atoms in total. The molecule has 0 unspecified atom stereocenters. The highest BCUT2D eigenvalue weighted by atomic mass is 35.5. The molecular weight excluding hydrogens is 428 g/mol. The zero-order valence-electron chi connectivity index (χ0n) is 16.0. The molecule has 0 atom stereocenters. The van der Waals surface area contributed by atoms with Gasteiger partial charge in [0.1, 0.15) is 10.8 Å². The topological polar surface area (TPSA) is 55.8 Å². The van der Waals surface area contributed by atoms with Crippen molar-refractivity contribution in [3.05, 3.63) is 58.5 Å². The van der Waals surface area contributed by atoms with Crippen molar-refractivity contribution in [1.29, 1.82) is 0 Å². The Morgan fingerprint density at radius 2 is 1.90 bits per heavy atom. The third-order valence-corrected chi connectivity index (χ3v) is 4.69. The minimum atomic E-state index is -5.05. The maximum absolute atomic E-state index is 14.4. The van der Waals surface area contributed by atoms with E-state index >= 15 is 0 Å². The largest absolute Gasteiger partial charge is 0.573 e. The number of carbonyl (C=O) groups excluding carboxylic acids is 1. The molecule has 160 valence electrons. The average molecular weight is 446 g/mol. The number of alkyl halides is 3. The summed E-state index contributed by atoms with van der Waals surface area (Å²) >= 11 is 5.61. The van der Waals surface area contributed by atoms with Gasteiger partial charge in [-0.15, -0.1) is 13.2 Å². The normalized spacial score (nSPS) is 11.9. The van der Waals surface area contributed by atoms with E-state index in [4.69, 9.17) is 16.3 Å². The van der Waals surface area contributed by atoms with Crippen LogP contribution in [0.5, 0.6) is 11.5 Å². The molecule has 0 bridgehead atoms. The maximum atomic E-state index is 14.4. The summed E-state index contributed by atoms with van der Waals surface area (Å²) in [6, 6.07) is 6.61. The Hall–Kier alpha value is -2.78. The van der Waals surface area contributed by atoms with Crippen molar-refractivity contribution in [3.63, 3.8) is 0 Å². The Morgan fingerprint density at radius 1 is 1.17 bits per heavy atom. The second-order valence-corrected chi connectivity index (χ2v) is 7.25. The van der Waals surface area contributed by atoms with Crippen LogP contribution in [0.25, 0.3) is 10.9 Å². The van der Waals surface area contributed by atoms with E-state index < -0.39 is 34.5 Å². The van der Waals surface area contributed by atoms with E-state index in [1.54, 1.807) is 18.2 Å². The van der Waals surface area contributed by atoms with Crippen LogP contribution in [0.4, 0.5) is 17.6 Å². The van der Waals surface area contributed by atoms with Gasteiger partial charge in [0.15, 0.2) is 11.6 Å². The van der Waals surface area contributed by atoms with Gasteiger partial charge in [-0.25, -0.2) is 9.18 Å². The van der Waals surface area contributed by atoms with E-state index in [0.717, 1.165) is 29.8 Å². The van der Waals surface area contributed by atoms with E-state index in [-0.39, 0.29) is 5.75 Å². The molecule has 0 saturated heterocycles. The lowest BCUT2D eigenvalue weighted by Gasteiger charge is -2.13. The molecule has 1 aromatic heterocycles. The summed E-state index contributed by atoms with van der Waals surface area (Å²) in [7, 11) is 4.02. The number of ether oxygens (including phenoxy) is 2. The SMILES string of the molecule is C[NH+](C)CCc1c[nH]c2cccc(OC(=O)c3ccc(OC(F)(F)F)c(Cl)c3F)c12. The first-order chi connectivity index (χ1) is 14.1. The average Bonchev–Trinajstić information content (AvgIpc) is 3.07. The number of H-pyrrole nitrogens is 1. The number of halogens is 5. The fraction of sp³-hybridized carbons (Fsp3) is 0.250. The summed E-state index contributed by atoms with van der Waals surface area (Å²) in [6.07, 6.45) is -2.53. The first-order valence-electron chi connectivity index (χ1n) is 8.90. The number of aromatic nitrogens is 1. The second-order valence-electron chi connectivity index (χ2n) is 6.88. The molecule has 10 heteroatoms. The van der Waals surface area contributed by atoms with Gasteiger partial charge in [0.2, 0.25) is 0 Å². The van der Waals surface area contributed by atoms with E-state index in [0.29, 0.717) is 11.8 Å². The Bertz CT molecular complexity index is 1080. The molecule has 1 heterocycles. The van der Waals surface area contributed by atoms with Crippen LogP contribution in [-0.2, 0) is 6.42 Å². The van der Waals surface area contributed by atoms with Gasteiger partial charge < -0.3 is 19.4 Å². The first-order valence-corrected chi connectivity index (χ1v) is 9.28. The lowest BCUT2D eigenvalue weighted by Crippen LogP contribution is -3.05. The monoisotopic (exact) mass is 445 g/mol. The van der Waals surface area contributed by atoms with Crippen molar-refractivity contribution in [2.24, 2.45) is 0 Å². The molecule has 0 spiro atoms. The number of hydrogen-bond acceptors (Lipinski definition) is 3. The van der Waals surface area contributed by atoms with Crippen LogP contribution in [0.2, 0.25) is 5.02 Å². The number of fused-ring (bicyclic) bond motifs is 1. The predicted octanol–water partition coefficient (Wildman–Crippen LogP) is 3.77. The Morgan fingerprint density at radius 3 is 2.57 bits per heavy atom. The van der Waals surface area contributed by atoms with Crippen LogP contribution in [-0.4, -0.2) is 38.0 Å². The third-order valence-electron chi connectivity index (χ3n) is 4.34. The fourth-order valence-corrected chi connectivity index (χ4v) is 3.14. The number of hydrogen-bond donors (Lipinski definition) is 2. The molecule has 3 aromatic rings. The van der Waals surface area contributed by atoms with Gasteiger partial charge in [-0.1, -0.05) is 17.7 Å². The smallest absolute Gasteiger partial charge is 0.422 e.